The second-order valence-electron chi connectivity index (χ2n) is 5.23. The van der Waals surface area contributed by atoms with Crippen molar-refractivity contribution in [3.63, 3.8) is 0 Å². The first-order valence-electron chi connectivity index (χ1n) is 6.89. The summed E-state index contributed by atoms with van der Waals surface area (Å²) in [6.45, 7) is 5.13. The molecule has 7 nitrogen and oxygen atoms in total. The maximum absolute atomic E-state index is 12.1. The van der Waals surface area contributed by atoms with Gasteiger partial charge in [-0.2, -0.15) is 0 Å². The minimum Gasteiger partial charge on any atom is -0.451 e. The quantitative estimate of drug-likeness (QED) is 0.573. The predicted octanol–water partition coefficient (Wildman–Crippen LogP) is 1.68. The summed E-state index contributed by atoms with van der Waals surface area (Å²) in [5, 5.41) is 3.63. The van der Waals surface area contributed by atoms with Crippen LogP contribution in [0.25, 0.3) is 11.0 Å². The Morgan fingerprint density at radius 1 is 1.13 bits per heavy atom. The Hall–Kier alpha value is -2.54. The molecule has 0 aliphatic heterocycles. The molecule has 0 spiro atoms. The van der Waals surface area contributed by atoms with Crippen LogP contribution in [0.2, 0.25) is 5.02 Å². The molecule has 8 heteroatoms. The molecule has 23 heavy (non-hydrogen) atoms. The lowest BCUT2D eigenvalue weighted by Gasteiger charge is -2.09. The molecule has 0 unspecified atom stereocenters. The second kappa shape index (κ2) is 6.70. The molecule has 1 aromatic heterocycles. The molecule has 2 aromatic rings. The number of carbonyl (C=O) groups excluding carboxylic acids is 3. The molecule has 0 bridgehead atoms. The van der Waals surface area contributed by atoms with Gasteiger partial charge in [-0.1, -0.05) is 11.6 Å². The first kappa shape index (κ1) is 16.8. The summed E-state index contributed by atoms with van der Waals surface area (Å²) in [6.07, 6.45) is 0. The van der Waals surface area contributed by atoms with Crippen molar-refractivity contribution in [2.75, 3.05) is 0 Å². The normalized spacial score (nSPS) is 10.7. The van der Waals surface area contributed by atoms with Gasteiger partial charge in [-0.15, -0.1) is 0 Å². The highest BCUT2D eigenvalue weighted by Crippen LogP contribution is 2.27. The number of nitrogens with one attached hydrogen (secondary N) is 3. The molecule has 0 aliphatic carbocycles. The Bertz CT molecular complexity index is 782. The minimum absolute atomic E-state index is 0.0341. The van der Waals surface area contributed by atoms with Crippen LogP contribution in [0.15, 0.2) is 22.6 Å². The summed E-state index contributed by atoms with van der Waals surface area (Å²) in [5.41, 5.74) is 5.26. The molecule has 3 amide bonds. The van der Waals surface area contributed by atoms with Crippen LogP contribution in [-0.4, -0.2) is 23.8 Å². The van der Waals surface area contributed by atoms with E-state index in [2.05, 4.69) is 10.7 Å². The first-order chi connectivity index (χ1) is 10.8. The lowest BCUT2D eigenvalue weighted by Crippen LogP contribution is -2.49. The number of hydrazine groups is 1. The summed E-state index contributed by atoms with van der Waals surface area (Å²) in [5.74, 6) is -2.44. The number of halogens is 1. The van der Waals surface area contributed by atoms with Crippen LogP contribution in [0.4, 0.5) is 0 Å². The Morgan fingerprint density at radius 2 is 1.83 bits per heavy atom. The number of carbonyl (C=O) groups is 3. The third-order valence-electron chi connectivity index (χ3n) is 3.02. The molecule has 1 aromatic carbocycles. The summed E-state index contributed by atoms with van der Waals surface area (Å²) >= 11 is 5.91. The monoisotopic (exact) mass is 337 g/mol. The molecular formula is C15H16ClN3O4. The van der Waals surface area contributed by atoms with Gasteiger partial charge in [-0.05, 0) is 39.0 Å². The van der Waals surface area contributed by atoms with Gasteiger partial charge in [0.15, 0.2) is 5.76 Å². The largest absolute Gasteiger partial charge is 0.451 e. The number of furan rings is 1. The standard InChI is InChI=1S/C15H16ClN3O4/c1-7(2)17-14(21)15(22)19-18-13(20)12-8(3)10-6-9(16)4-5-11(10)23-12/h4-7H,1-3H3,(H,17,21)(H,18,20)(H,19,22). The van der Waals surface area contributed by atoms with Gasteiger partial charge in [0.05, 0.1) is 0 Å². The van der Waals surface area contributed by atoms with Crippen molar-refractivity contribution in [2.24, 2.45) is 0 Å². The highest BCUT2D eigenvalue weighted by atomic mass is 35.5. The molecule has 1 heterocycles. The van der Waals surface area contributed by atoms with E-state index in [1.54, 1.807) is 39.0 Å². The fourth-order valence-corrected chi connectivity index (χ4v) is 2.14. The van der Waals surface area contributed by atoms with E-state index in [4.69, 9.17) is 16.0 Å². The molecule has 0 atom stereocenters. The smallest absolute Gasteiger partial charge is 0.327 e. The van der Waals surface area contributed by atoms with E-state index in [-0.39, 0.29) is 11.8 Å². The van der Waals surface area contributed by atoms with E-state index in [1.165, 1.54) is 0 Å². The maximum atomic E-state index is 12.1. The second-order valence-corrected chi connectivity index (χ2v) is 5.67. The predicted molar refractivity (Wildman–Crippen MR) is 84.8 cm³/mol. The van der Waals surface area contributed by atoms with Gasteiger partial charge in [0.2, 0.25) is 0 Å². The Balaban J connectivity index is 2.08. The van der Waals surface area contributed by atoms with Crippen LogP contribution in [0.3, 0.4) is 0 Å². The zero-order valence-corrected chi connectivity index (χ0v) is 13.6. The fourth-order valence-electron chi connectivity index (χ4n) is 1.96. The Labute approximate surface area is 137 Å². The molecule has 0 radical (unpaired) electrons. The van der Waals surface area contributed by atoms with Crippen molar-refractivity contribution in [1.82, 2.24) is 16.2 Å². The van der Waals surface area contributed by atoms with Gasteiger partial charge in [0.1, 0.15) is 5.58 Å². The third-order valence-corrected chi connectivity index (χ3v) is 3.26. The number of rotatable bonds is 2. The van der Waals surface area contributed by atoms with Crippen LogP contribution in [0, 0.1) is 6.92 Å². The molecule has 2 rings (SSSR count). The first-order valence-corrected chi connectivity index (χ1v) is 7.27. The topological polar surface area (TPSA) is 100 Å². The molecular weight excluding hydrogens is 322 g/mol. The highest BCUT2D eigenvalue weighted by molar-refractivity contribution is 6.35. The van der Waals surface area contributed by atoms with E-state index < -0.39 is 17.7 Å². The summed E-state index contributed by atoms with van der Waals surface area (Å²) in [6, 6.07) is 4.79. The number of amides is 3. The lowest BCUT2D eigenvalue weighted by atomic mass is 10.1. The van der Waals surface area contributed by atoms with E-state index >= 15 is 0 Å². The van der Waals surface area contributed by atoms with Gasteiger partial charge in [0.25, 0.3) is 0 Å². The van der Waals surface area contributed by atoms with E-state index in [0.717, 1.165) is 0 Å². The van der Waals surface area contributed by atoms with Crippen LogP contribution in [0.1, 0.15) is 30.0 Å². The Kier molecular flexibility index (Phi) is 4.90. The van der Waals surface area contributed by atoms with Gasteiger partial charge < -0.3 is 9.73 Å². The van der Waals surface area contributed by atoms with E-state index in [1.807, 2.05) is 5.43 Å². The number of aryl methyl sites for hydroxylation is 1. The summed E-state index contributed by atoms with van der Waals surface area (Å²) < 4.78 is 5.45. The van der Waals surface area contributed by atoms with Crippen LogP contribution in [0.5, 0.6) is 0 Å². The molecule has 3 N–H and O–H groups in total. The molecule has 0 saturated heterocycles. The van der Waals surface area contributed by atoms with E-state index in [9.17, 15) is 14.4 Å². The molecule has 0 saturated carbocycles. The van der Waals surface area contributed by atoms with Crippen LogP contribution >= 0.6 is 11.6 Å². The minimum atomic E-state index is -0.969. The average molecular weight is 338 g/mol. The van der Waals surface area contributed by atoms with Gasteiger partial charge in [-0.25, -0.2) is 0 Å². The highest BCUT2D eigenvalue weighted by Gasteiger charge is 2.20. The number of benzene rings is 1. The fraction of sp³-hybridized carbons (Fsp3) is 0.267. The molecule has 0 aliphatic rings. The van der Waals surface area contributed by atoms with Crippen molar-refractivity contribution >= 4 is 40.3 Å². The van der Waals surface area contributed by atoms with Crippen LogP contribution in [-0.2, 0) is 9.59 Å². The van der Waals surface area contributed by atoms with Crippen molar-refractivity contribution < 1.29 is 18.8 Å². The lowest BCUT2D eigenvalue weighted by molar-refractivity contribution is -0.139. The van der Waals surface area contributed by atoms with Crippen LogP contribution < -0.4 is 16.2 Å². The van der Waals surface area contributed by atoms with Crippen molar-refractivity contribution in [3.8, 4) is 0 Å². The maximum Gasteiger partial charge on any atom is 0.327 e. The SMILES string of the molecule is Cc1c(C(=O)NNC(=O)C(=O)NC(C)C)oc2ccc(Cl)cc12. The molecule has 0 fully saturated rings. The summed E-state index contributed by atoms with van der Waals surface area (Å²) in [4.78, 5) is 35.1. The van der Waals surface area contributed by atoms with E-state index in [0.29, 0.717) is 21.6 Å². The zero-order valence-electron chi connectivity index (χ0n) is 12.8. The van der Waals surface area contributed by atoms with Gasteiger partial charge in [-0.3, -0.25) is 25.2 Å². The third kappa shape index (κ3) is 3.81. The number of hydrogen-bond acceptors (Lipinski definition) is 4. The number of hydrogen-bond donors (Lipinski definition) is 3. The molecule has 122 valence electrons. The average Bonchev–Trinajstić information content (AvgIpc) is 2.80. The van der Waals surface area contributed by atoms with Crippen molar-refractivity contribution in [2.45, 2.75) is 26.8 Å². The van der Waals surface area contributed by atoms with Gasteiger partial charge in [0, 0.05) is 22.0 Å². The van der Waals surface area contributed by atoms with Crippen molar-refractivity contribution in [1.29, 1.82) is 0 Å². The summed E-state index contributed by atoms with van der Waals surface area (Å²) in [7, 11) is 0. The van der Waals surface area contributed by atoms with Crippen molar-refractivity contribution in [3.05, 3.63) is 34.5 Å². The number of fused-ring (bicyclic) bond motifs is 1. The zero-order chi connectivity index (χ0) is 17.1. The van der Waals surface area contributed by atoms with Gasteiger partial charge >= 0.3 is 17.7 Å². The Morgan fingerprint density at radius 3 is 2.48 bits per heavy atom.